The van der Waals surface area contributed by atoms with Gasteiger partial charge in [0.2, 0.25) is 0 Å². The third kappa shape index (κ3) is 4.00. The van der Waals surface area contributed by atoms with Crippen molar-refractivity contribution in [2.24, 2.45) is 5.92 Å². The predicted molar refractivity (Wildman–Crippen MR) is 68.9 cm³/mol. The van der Waals surface area contributed by atoms with Crippen molar-refractivity contribution in [1.29, 1.82) is 0 Å². The Hall–Kier alpha value is -1.61. The monoisotopic (exact) mass is 246 g/mol. The van der Waals surface area contributed by atoms with Gasteiger partial charge in [-0.3, -0.25) is 4.79 Å². The van der Waals surface area contributed by atoms with Gasteiger partial charge in [0.1, 0.15) is 12.7 Å². The Morgan fingerprint density at radius 2 is 2.06 bits per heavy atom. The van der Waals surface area contributed by atoms with Gasteiger partial charge >= 0.3 is 5.97 Å². The summed E-state index contributed by atoms with van der Waals surface area (Å²) in [5, 5.41) is 0. The molecule has 0 bridgehead atoms. The minimum Gasteiger partial charge on any atom is -0.463 e. The van der Waals surface area contributed by atoms with E-state index in [0.717, 1.165) is 5.56 Å². The van der Waals surface area contributed by atoms with Crippen molar-refractivity contribution in [2.45, 2.75) is 26.1 Å². The Morgan fingerprint density at radius 3 is 2.83 bits per heavy atom. The summed E-state index contributed by atoms with van der Waals surface area (Å²) >= 11 is 0. The van der Waals surface area contributed by atoms with Crippen LogP contribution in [0.25, 0.3) is 0 Å². The van der Waals surface area contributed by atoms with Crippen LogP contribution in [0, 0.1) is 5.92 Å². The first-order valence-electron chi connectivity index (χ1n) is 6.23. The van der Waals surface area contributed by atoms with Gasteiger partial charge in [-0.05, 0) is 11.5 Å². The normalized spacial score (nSPS) is 25.9. The molecule has 0 saturated carbocycles. The summed E-state index contributed by atoms with van der Waals surface area (Å²) in [6.45, 7) is 2.83. The van der Waals surface area contributed by atoms with E-state index >= 15 is 0 Å². The lowest BCUT2D eigenvalue weighted by atomic mass is 10.1. The fourth-order valence-electron chi connectivity index (χ4n) is 1.82. The Balaban J connectivity index is 1.90. The number of esters is 1. The second kappa shape index (κ2) is 6.36. The topological polar surface area (TPSA) is 35.5 Å². The van der Waals surface area contributed by atoms with Gasteiger partial charge in [0, 0.05) is 0 Å². The Bertz CT molecular complexity index is 411. The summed E-state index contributed by atoms with van der Waals surface area (Å²) in [7, 11) is 0. The summed E-state index contributed by atoms with van der Waals surface area (Å²) in [5.41, 5.74) is 1.12. The number of rotatable bonds is 3. The smallest absolute Gasteiger partial charge is 0.306 e. The molecule has 0 fully saturated rings. The molecular weight excluding hydrogens is 228 g/mol. The zero-order valence-electron chi connectivity index (χ0n) is 10.5. The largest absolute Gasteiger partial charge is 0.463 e. The van der Waals surface area contributed by atoms with E-state index in [0.29, 0.717) is 19.6 Å². The van der Waals surface area contributed by atoms with E-state index in [1.807, 2.05) is 49.4 Å². The zero-order chi connectivity index (χ0) is 12.8. The molecule has 0 aromatic heterocycles. The van der Waals surface area contributed by atoms with Crippen molar-refractivity contribution < 1.29 is 14.3 Å². The van der Waals surface area contributed by atoms with E-state index in [4.69, 9.17) is 9.47 Å². The van der Waals surface area contributed by atoms with Gasteiger partial charge < -0.3 is 9.47 Å². The van der Waals surface area contributed by atoms with Gasteiger partial charge in [0.15, 0.2) is 0 Å². The lowest BCUT2D eigenvalue weighted by Gasteiger charge is -2.18. The van der Waals surface area contributed by atoms with Crippen molar-refractivity contribution in [3.8, 4) is 0 Å². The first-order chi connectivity index (χ1) is 8.74. The number of carbonyl (C=O) groups excluding carboxylic acids is 1. The number of hydrogen-bond acceptors (Lipinski definition) is 3. The minimum atomic E-state index is -0.156. The van der Waals surface area contributed by atoms with Crippen molar-refractivity contribution in [2.75, 3.05) is 6.61 Å². The molecule has 18 heavy (non-hydrogen) atoms. The first kappa shape index (κ1) is 12.8. The van der Waals surface area contributed by atoms with Gasteiger partial charge in [-0.25, -0.2) is 0 Å². The fraction of sp³-hybridized carbons (Fsp3) is 0.400. The molecule has 0 saturated heterocycles. The molecule has 96 valence electrons. The molecule has 3 nitrogen and oxygen atoms in total. The summed E-state index contributed by atoms with van der Waals surface area (Å²) in [4.78, 5) is 11.4. The molecule has 1 heterocycles. The van der Waals surface area contributed by atoms with Crippen molar-refractivity contribution in [3.05, 3.63) is 48.0 Å². The Labute approximate surface area is 107 Å². The molecule has 1 aromatic carbocycles. The molecular formula is C15H18O3. The van der Waals surface area contributed by atoms with Crippen LogP contribution in [0.15, 0.2) is 42.5 Å². The second-order valence-corrected chi connectivity index (χ2v) is 4.58. The average Bonchev–Trinajstić information content (AvgIpc) is 2.37. The van der Waals surface area contributed by atoms with E-state index in [-0.39, 0.29) is 18.0 Å². The molecule has 1 aliphatic rings. The highest BCUT2D eigenvalue weighted by Crippen LogP contribution is 2.12. The maximum absolute atomic E-state index is 11.4. The van der Waals surface area contributed by atoms with Crippen LogP contribution in [-0.2, 0) is 20.9 Å². The van der Waals surface area contributed by atoms with Gasteiger partial charge in [0.25, 0.3) is 0 Å². The highest BCUT2D eigenvalue weighted by molar-refractivity contribution is 5.70. The quantitative estimate of drug-likeness (QED) is 0.607. The maximum Gasteiger partial charge on any atom is 0.306 e. The number of hydrogen-bond donors (Lipinski definition) is 0. The highest BCUT2D eigenvalue weighted by atomic mass is 16.6. The van der Waals surface area contributed by atoms with Crippen LogP contribution in [0.2, 0.25) is 0 Å². The summed E-state index contributed by atoms with van der Waals surface area (Å²) in [6, 6.07) is 9.97. The predicted octanol–water partition coefficient (Wildman–Crippen LogP) is 2.71. The van der Waals surface area contributed by atoms with Gasteiger partial charge in [0.05, 0.1) is 13.0 Å². The Kier molecular flexibility index (Phi) is 4.53. The van der Waals surface area contributed by atoms with Gasteiger partial charge in [-0.15, -0.1) is 0 Å². The van der Waals surface area contributed by atoms with Crippen molar-refractivity contribution in [1.82, 2.24) is 0 Å². The molecule has 0 amide bonds. The summed E-state index contributed by atoms with van der Waals surface area (Å²) in [5.74, 6) is 0.0563. The number of carbonyl (C=O) groups is 1. The van der Waals surface area contributed by atoms with Crippen LogP contribution >= 0.6 is 0 Å². The number of allylic oxidation sites excluding steroid dienone is 1. The molecule has 0 unspecified atom stereocenters. The van der Waals surface area contributed by atoms with Crippen molar-refractivity contribution in [3.63, 3.8) is 0 Å². The Morgan fingerprint density at radius 1 is 1.28 bits per heavy atom. The van der Waals surface area contributed by atoms with Crippen molar-refractivity contribution >= 4 is 5.97 Å². The van der Waals surface area contributed by atoms with Gasteiger partial charge in [-0.1, -0.05) is 49.4 Å². The standard InChI is InChI=1S/C15H18O3/c1-12-7-8-14(11-18-15(16)9-12)17-10-13-5-3-2-4-6-13/h2-8,12,14H,9-11H2,1H3/b8-7-/t12-,14-/m1/s1. The molecule has 1 aliphatic heterocycles. The molecule has 0 N–H and O–H groups in total. The lowest BCUT2D eigenvalue weighted by molar-refractivity contribution is -0.148. The molecule has 0 radical (unpaired) electrons. The van der Waals surface area contributed by atoms with E-state index in [9.17, 15) is 4.79 Å². The third-order valence-electron chi connectivity index (χ3n) is 2.86. The molecule has 3 heteroatoms. The van der Waals surface area contributed by atoms with E-state index < -0.39 is 0 Å². The van der Waals surface area contributed by atoms with Crippen LogP contribution in [0.1, 0.15) is 18.9 Å². The van der Waals surface area contributed by atoms with E-state index in [1.165, 1.54) is 0 Å². The van der Waals surface area contributed by atoms with E-state index in [1.54, 1.807) is 0 Å². The van der Waals surface area contributed by atoms with Crippen LogP contribution in [0.3, 0.4) is 0 Å². The van der Waals surface area contributed by atoms with Crippen LogP contribution < -0.4 is 0 Å². The van der Waals surface area contributed by atoms with E-state index in [2.05, 4.69) is 0 Å². The lowest BCUT2D eigenvalue weighted by Crippen LogP contribution is -2.23. The second-order valence-electron chi connectivity index (χ2n) is 4.58. The van der Waals surface area contributed by atoms with Crippen LogP contribution in [-0.4, -0.2) is 18.7 Å². The zero-order valence-corrected chi connectivity index (χ0v) is 10.5. The van der Waals surface area contributed by atoms with Gasteiger partial charge in [-0.2, -0.15) is 0 Å². The molecule has 0 aliphatic carbocycles. The third-order valence-corrected chi connectivity index (χ3v) is 2.86. The molecule has 2 rings (SSSR count). The van der Waals surface area contributed by atoms with Crippen LogP contribution in [0.4, 0.5) is 0 Å². The fourth-order valence-corrected chi connectivity index (χ4v) is 1.82. The number of cyclic esters (lactones) is 1. The summed E-state index contributed by atoms with van der Waals surface area (Å²) in [6.07, 6.45) is 4.30. The minimum absolute atomic E-state index is 0.153. The SMILES string of the molecule is C[C@@H]1/C=C\[C@@H](OCc2ccccc2)COC(=O)C1. The van der Waals surface area contributed by atoms with Crippen LogP contribution in [0.5, 0.6) is 0 Å². The highest BCUT2D eigenvalue weighted by Gasteiger charge is 2.15. The average molecular weight is 246 g/mol. The first-order valence-corrected chi connectivity index (χ1v) is 6.23. The molecule has 0 spiro atoms. The molecule has 1 aromatic rings. The molecule has 2 atom stereocenters. The number of benzene rings is 1. The maximum atomic E-state index is 11.4. The summed E-state index contributed by atoms with van der Waals surface area (Å²) < 4.78 is 10.9. The number of ether oxygens (including phenoxy) is 2.